The molecule has 5 heteroatoms. The van der Waals surface area contributed by atoms with E-state index in [1.807, 2.05) is 24.3 Å². The number of aromatic nitrogens is 4. The number of benzene rings is 7. The molecule has 53 heavy (non-hydrogen) atoms. The van der Waals surface area contributed by atoms with E-state index in [4.69, 9.17) is 19.4 Å². The molecule has 11 rings (SSSR count). The van der Waals surface area contributed by atoms with Gasteiger partial charge in [-0.3, -0.25) is 0 Å². The van der Waals surface area contributed by atoms with Crippen molar-refractivity contribution < 1.29 is 4.42 Å². The van der Waals surface area contributed by atoms with Crippen LogP contribution in [0.3, 0.4) is 0 Å². The van der Waals surface area contributed by atoms with E-state index in [9.17, 15) is 0 Å². The van der Waals surface area contributed by atoms with E-state index in [2.05, 4.69) is 152 Å². The Hall–Kier alpha value is -6.85. The van der Waals surface area contributed by atoms with Crippen LogP contribution in [0.15, 0.2) is 162 Å². The van der Waals surface area contributed by atoms with Gasteiger partial charge in [-0.25, -0.2) is 15.0 Å². The second-order valence-corrected chi connectivity index (χ2v) is 14.5. The average Bonchev–Trinajstić information content (AvgIpc) is 3.81. The predicted octanol–water partition coefficient (Wildman–Crippen LogP) is 12.2. The smallest absolute Gasteiger partial charge is 0.164 e. The highest BCUT2D eigenvalue weighted by Crippen LogP contribution is 2.49. The summed E-state index contributed by atoms with van der Waals surface area (Å²) in [5, 5.41) is 4.42. The number of rotatable bonds is 4. The first-order valence-corrected chi connectivity index (χ1v) is 18.0. The van der Waals surface area contributed by atoms with Crippen LogP contribution in [0.2, 0.25) is 0 Å². The van der Waals surface area contributed by atoms with E-state index in [0.29, 0.717) is 17.5 Å². The van der Waals surface area contributed by atoms with Gasteiger partial charge in [0.1, 0.15) is 11.2 Å². The van der Waals surface area contributed by atoms with Crippen molar-refractivity contribution in [2.45, 2.75) is 19.3 Å². The molecule has 1 aliphatic carbocycles. The highest BCUT2D eigenvalue weighted by Gasteiger charge is 2.35. The van der Waals surface area contributed by atoms with Gasteiger partial charge in [-0.15, -0.1) is 0 Å². The lowest BCUT2D eigenvalue weighted by atomic mass is 9.82. The molecule has 5 nitrogen and oxygen atoms in total. The fraction of sp³-hybridized carbons (Fsp3) is 0.0625. The monoisotopic (exact) mass is 680 g/mol. The van der Waals surface area contributed by atoms with Crippen molar-refractivity contribution in [1.82, 2.24) is 19.5 Å². The van der Waals surface area contributed by atoms with Gasteiger partial charge in [-0.1, -0.05) is 117 Å². The normalized spacial score (nSPS) is 13.2. The minimum Gasteiger partial charge on any atom is -0.456 e. The van der Waals surface area contributed by atoms with Crippen molar-refractivity contribution in [3.05, 3.63) is 169 Å². The van der Waals surface area contributed by atoms with Crippen molar-refractivity contribution in [3.63, 3.8) is 0 Å². The molecule has 0 fully saturated rings. The Labute approximate surface area is 305 Å². The van der Waals surface area contributed by atoms with Crippen LogP contribution in [0.5, 0.6) is 0 Å². The molecule has 0 spiro atoms. The first-order valence-electron chi connectivity index (χ1n) is 18.0. The Morgan fingerprint density at radius 1 is 0.434 bits per heavy atom. The van der Waals surface area contributed by atoms with Gasteiger partial charge in [-0.2, -0.15) is 0 Å². The highest BCUT2D eigenvalue weighted by atomic mass is 16.3. The third-order valence-electron chi connectivity index (χ3n) is 11.0. The fourth-order valence-corrected chi connectivity index (χ4v) is 8.43. The maximum Gasteiger partial charge on any atom is 0.164 e. The molecular formula is C48H32N4O. The lowest BCUT2D eigenvalue weighted by molar-refractivity contribution is 0.660. The number of para-hydroxylation sites is 2. The van der Waals surface area contributed by atoms with Crippen molar-refractivity contribution in [3.8, 4) is 51.0 Å². The highest BCUT2D eigenvalue weighted by molar-refractivity contribution is 6.17. The van der Waals surface area contributed by atoms with Crippen LogP contribution in [0.25, 0.3) is 94.7 Å². The number of hydrogen-bond donors (Lipinski definition) is 0. The van der Waals surface area contributed by atoms with E-state index < -0.39 is 0 Å². The largest absolute Gasteiger partial charge is 0.456 e. The molecule has 10 aromatic rings. The molecule has 250 valence electrons. The molecule has 0 unspecified atom stereocenters. The molecule has 1 aliphatic rings. The minimum atomic E-state index is -0.134. The Kier molecular flexibility index (Phi) is 6.23. The third kappa shape index (κ3) is 4.47. The van der Waals surface area contributed by atoms with Crippen LogP contribution in [0.1, 0.15) is 25.0 Å². The van der Waals surface area contributed by atoms with Gasteiger partial charge in [0, 0.05) is 49.3 Å². The second-order valence-electron chi connectivity index (χ2n) is 14.5. The first kappa shape index (κ1) is 29.8. The summed E-state index contributed by atoms with van der Waals surface area (Å²) in [6, 6.07) is 55.3. The van der Waals surface area contributed by atoms with E-state index in [-0.39, 0.29) is 5.41 Å². The number of fused-ring (bicyclic) bond motifs is 9. The first-order chi connectivity index (χ1) is 26.0. The van der Waals surface area contributed by atoms with Gasteiger partial charge in [0.2, 0.25) is 0 Å². The Bertz CT molecular complexity index is 3080. The summed E-state index contributed by atoms with van der Waals surface area (Å²) >= 11 is 0. The van der Waals surface area contributed by atoms with Crippen LogP contribution >= 0.6 is 0 Å². The van der Waals surface area contributed by atoms with Gasteiger partial charge in [0.15, 0.2) is 17.5 Å². The molecule has 0 bridgehead atoms. The van der Waals surface area contributed by atoms with Crippen molar-refractivity contribution >= 4 is 43.7 Å². The number of nitrogens with zero attached hydrogens (tertiary/aromatic N) is 4. The molecule has 0 amide bonds. The summed E-state index contributed by atoms with van der Waals surface area (Å²) < 4.78 is 8.87. The Morgan fingerprint density at radius 2 is 1.06 bits per heavy atom. The zero-order valence-electron chi connectivity index (χ0n) is 29.2. The van der Waals surface area contributed by atoms with Gasteiger partial charge >= 0.3 is 0 Å². The van der Waals surface area contributed by atoms with Crippen LogP contribution in [0.4, 0.5) is 0 Å². The molecule has 0 saturated heterocycles. The molecule has 0 aliphatic heterocycles. The topological polar surface area (TPSA) is 56.7 Å². The molecule has 0 N–H and O–H groups in total. The molecule has 0 saturated carbocycles. The average molecular weight is 681 g/mol. The summed E-state index contributed by atoms with van der Waals surface area (Å²) in [5.41, 5.74) is 13.0. The minimum absolute atomic E-state index is 0.134. The Morgan fingerprint density at radius 3 is 1.87 bits per heavy atom. The molecule has 3 heterocycles. The van der Waals surface area contributed by atoms with Crippen molar-refractivity contribution in [2.75, 3.05) is 0 Å². The van der Waals surface area contributed by atoms with E-state index in [1.54, 1.807) is 0 Å². The third-order valence-corrected chi connectivity index (χ3v) is 11.0. The SMILES string of the molecule is CC1(C)c2ccccc2-c2ccc(-c3nc(-c4ccccc4)nc(-c4ccc5oc6cc7c8ccccc8n(-c8ccccc8)c7cc6c5c4)n3)cc21. The van der Waals surface area contributed by atoms with Crippen molar-refractivity contribution in [2.24, 2.45) is 0 Å². The quantitative estimate of drug-likeness (QED) is 0.186. The van der Waals surface area contributed by atoms with Crippen LogP contribution < -0.4 is 0 Å². The fourth-order valence-electron chi connectivity index (χ4n) is 8.43. The van der Waals surface area contributed by atoms with E-state index in [0.717, 1.165) is 60.7 Å². The van der Waals surface area contributed by atoms with Crippen LogP contribution in [-0.2, 0) is 5.41 Å². The van der Waals surface area contributed by atoms with E-state index >= 15 is 0 Å². The summed E-state index contributed by atoms with van der Waals surface area (Å²) in [6.45, 7) is 4.60. The second kappa shape index (κ2) is 11.1. The molecule has 0 atom stereocenters. The Balaban J connectivity index is 1.10. The summed E-state index contributed by atoms with van der Waals surface area (Å²) in [6.07, 6.45) is 0. The summed E-state index contributed by atoms with van der Waals surface area (Å²) in [4.78, 5) is 15.3. The molecule has 0 radical (unpaired) electrons. The molecule has 7 aromatic carbocycles. The maximum absolute atomic E-state index is 6.53. The summed E-state index contributed by atoms with van der Waals surface area (Å²) in [5.74, 6) is 1.90. The van der Waals surface area contributed by atoms with Gasteiger partial charge in [0.25, 0.3) is 0 Å². The molecule has 3 aromatic heterocycles. The lowest BCUT2D eigenvalue weighted by Gasteiger charge is -2.21. The van der Waals surface area contributed by atoms with Gasteiger partial charge < -0.3 is 8.98 Å². The van der Waals surface area contributed by atoms with Crippen molar-refractivity contribution in [1.29, 1.82) is 0 Å². The zero-order valence-corrected chi connectivity index (χ0v) is 29.2. The summed E-state index contributed by atoms with van der Waals surface area (Å²) in [7, 11) is 0. The standard InChI is InChI=1S/C48H32N4O/c1-48(2)39-19-11-9-17-33(39)34-23-21-31(26-40(34)48)47-50-45(29-13-5-3-6-14-29)49-46(51-47)30-22-24-43-37(25-30)38-27-42-36(28-44(38)53-43)35-18-10-12-20-41(35)52(42)32-15-7-4-8-16-32/h3-28H,1-2H3. The maximum atomic E-state index is 6.53. The zero-order chi connectivity index (χ0) is 35.3. The van der Waals surface area contributed by atoms with Crippen LogP contribution in [0, 0.1) is 0 Å². The lowest BCUT2D eigenvalue weighted by Crippen LogP contribution is -2.15. The number of hydrogen-bond acceptors (Lipinski definition) is 4. The van der Waals surface area contributed by atoms with Crippen LogP contribution in [-0.4, -0.2) is 19.5 Å². The van der Waals surface area contributed by atoms with Gasteiger partial charge in [-0.05, 0) is 76.9 Å². The van der Waals surface area contributed by atoms with E-state index in [1.165, 1.54) is 27.6 Å². The molecular weight excluding hydrogens is 649 g/mol. The number of furan rings is 1. The van der Waals surface area contributed by atoms with Gasteiger partial charge in [0.05, 0.1) is 11.0 Å². The predicted molar refractivity (Wildman–Crippen MR) is 215 cm³/mol.